The zero-order chi connectivity index (χ0) is 17.5. The third-order valence-corrected chi connectivity index (χ3v) is 3.83. The Bertz CT molecular complexity index is 680. The Labute approximate surface area is 143 Å². The molecule has 0 radical (unpaired) electrons. The van der Waals surface area contributed by atoms with Crippen LogP contribution < -0.4 is 14.8 Å². The number of carbonyl (C=O) groups excluding carboxylic acids is 1. The van der Waals surface area contributed by atoms with E-state index in [2.05, 4.69) is 5.32 Å². The highest BCUT2D eigenvalue weighted by Crippen LogP contribution is 2.26. The summed E-state index contributed by atoms with van der Waals surface area (Å²) in [5.74, 6) is 1.59. The van der Waals surface area contributed by atoms with Crippen LogP contribution in [0.15, 0.2) is 42.5 Å². The fourth-order valence-corrected chi connectivity index (χ4v) is 2.62. The van der Waals surface area contributed by atoms with Crippen molar-refractivity contribution in [3.05, 3.63) is 59.2 Å². The average Bonchev–Trinajstić information content (AvgIpc) is 2.56. The second-order valence-electron chi connectivity index (χ2n) is 5.79. The molecule has 2 rings (SSSR count). The minimum absolute atomic E-state index is 0.0183. The molecule has 0 fully saturated rings. The summed E-state index contributed by atoms with van der Waals surface area (Å²) in [6, 6.07) is 13.5. The Kier molecular flexibility index (Phi) is 6.24. The highest BCUT2D eigenvalue weighted by Gasteiger charge is 2.14. The lowest BCUT2D eigenvalue weighted by Crippen LogP contribution is -2.28. The third-order valence-electron chi connectivity index (χ3n) is 3.83. The molecule has 24 heavy (non-hydrogen) atoms. The van der Waals surface area contributed by atoms with Crippen molar-refractivity contribution in [2.75, 3.05) is 13.7 Å². The normalized spacial score (nSPS) is 11.7. The van der Waals surface area contributed by atoms with Crippen molar-refractivity contribution in [3.8, 4) is 11.5 Å². The van der Waals surface area contributed by atoms with E-state index in [0.717, 1.165) is 28.2 Å². The Morgan fingerprint density at radius 3 is 2.50 bits per heavy atom. The molecule has 0 aliphatic rings. The van der Waals surface area contributed by atoms with Gasteiger partial charge in [-0.3, -0.25) is 4.79 Å². The van der Waals surface area contributed by atoms with Gasteiger partial charge in [0.15, 0.2) is 0 Å². The first kappa shape index (κ1) is 17.9. The number of ether oxygens (including phenoxy) is 2. The highest BCUT2D eigenvalue weighted by atomic mass is 16.5. The van der Waals surface area contributed by atoms with Crippen LogP contribution in [0.1, 0.15) is 36.6 Å². The van der Waals surface area contributed by atoms with Gasteiger partial charge in [-0.2, -0.15) is 0 Å². The van der Waals surface area contributed by atoms with Crippen LogP contribution in [0.25, 0.3) is 0 Å². The SMILES string of the molecule is CCOc1ccc(CC(=O)NC(C)c2cc(C)ccc2OC)cc1. The minimum Gasteiger partial charge on any atom is -0.496 e. The van der Waals surface area contributed by atoms with E-state index in [-0.39, 0.29) is 11.9 Å². The topological polar surface area (TPSA) is 47.6 Å². The Balaban J connectivity index is 2.00. The van der Waals surface area contributed by atoms with E-state index in [0.29, 0.717) is 13.0 Å². The Morgan fingerprint density at radius 1 is 1.17 bits per heavy atom. The number of nitrogens with one attached hydrogen (secondary N) is 1. The van der Waals surface area contributed by atoms with Crippen molar-refractivity contribution >= 4 is 5.91 Å². The Hall–Kier alpha value is -2.49. The largest absolute Gasteiger partial charge is 0.496 e. The van der Waals surface area contributed by atoms with Gasteiger partial charge >= 0.3 is 0 Å². The molecule has 0 aliphatic carbocycles. The van der Waals surface area contributed by atoms with Gasteiger partial charge in [0, 0.05) is 5.56 Å². The molecule has 1 unspecified atom stereocenters. The molecule has 0 aliphatic heterocycles. The van der Waals surface area contributed by atoms with Crippen LogP contribution >= 0.6 is 0 Å². The van der Waals surface area contributed by atoms with Crippen LogP contribution in [0.5, 0.6) is 11.5 Å². The van der Waals surface area contributed by atoms with Gasteiger partial charge in [0.25, 0.3) is 0 Å². The third kappa shape index (κ3) is 4.75. The molecule has 0 saturated heterocycles. The number of amides is 1. The second kappa shape index (κ2) is 8.39. The van der Waals surface area contributed by atoms with Crippen molar-refractivity contribution < 1.29 is 14.3 Å². The highest BCUT2D eigenvalue weighted by molar-refractivity contribution is 5.79. The molecule has 0 bridgehead atoms. The summed E-state index contributed by atoms with van der Waals surface area (Å²) in [7, 11) is 1.64. The van der Waals surface area contributed by atoms with Crippen molar-refractivity contribution in [2.45, 2.75) is 33.2 Å². The van der Waals surface area contributed by atoms with Crippen molar-refractivity contribution in [1.29, 1.82) is 0 Å². The predicted octanol–water partition coefficient (Wildman–Crippen LogP) is 3.82. The van der Waals surface area contributed by atoms with Gasteiger partial charge in [0.1, 0.15) is 11.5 Å². The van der Waals surface area contributed by atoms with E-state index < -0.39 is 0 Å². The fraction of sp³-hybridized carbons (Fsp3) is 0.350. The summed E-state index contributed by atoms with van der Waals surface area (Å²) < 4.78 is 10.8. The van der Waals surface area contributed by atoms with E-state index in [4.69, 9.17) is 9.47 Å². The lowest BCUT2D eigenvalue weighted by molar-refractivity contribution is -0.121. The number of hydrogen-bond donors (Lipinski definition) is 1. The molecule has 1 atom stereocenters. The molecule has 2 aromatic carbocycles. The van der Waals surface area contributed by atoms with E-state index in [1.54, 1.807) is 7.11 Å². The summed E-state index contributed by atoms with van der Waals surface area (Å²) in [4.78, 5) is 12.3. The molecule has 0 heterocycles. The smallest absolute Gasteiger partial charge is 0.224 e. The van der Waals surface area contributed by atoms with Crippen LogP contribution in [0.4, 0.5) is 0 Å². The quantitative estimate of drug-likeness (QED) is 0.841. The summed E-state index contributed by atoms with van der Waals surface area (Å²) in [5, 5.41) is 3.04. The minimum atomic E-state index is -0.116. The number of aryl methyl sites for hydroxylation is 1. The second-order valence-corrected chi connectivity index (χ2v) is 5.79. The standard InChI is InChI=1S/C20H25NO3/c1-5-24-17-9-7-16(8-10-17)13-20(22)21-15(3)18-12-14(2)6-11-19(18)23-4/h6-12,15H,5,13H2,1-4H3,(H,21,22). The van der Waals surface area contributed by atoms with Gasteiger partial charge in [-0.15, -0.1) is 0 Å². The van der Waals surface area contributed by atoms with Gasteiger partial charge in [0.2, 0.25) is 5.91 Å². The maximum absolute atomic E-state index is 12.3. The molecule has 0 saturated carbocycles. The molecular weight excluding hydrogens is 302 g/mol. The maximum Gasteiger partial charge on any atom is 0.224 e. The Morgan fingerprint density at radius 2 is 1.88 bits per heavy atom. The van der Waals surface area contributed by atoms with Crippen LogP contribution in [-0.4, -0.2) is 19.6 Å². The number of carbonyl (C=O) groups is 1. The monoisotopic (exact) mass is 327 g/mol. The van der Waals surface area contributed by atoms with Crippen LogP contribution in [0.2, 0.25) is 0 Å². The lowest BCUT2D eigenvalue weighted by Gasteiger charge is -2.18. The van der Waals surface area contributed by atoms with Gasteiger partial charge in [0.05, 0.1) is 26.2 Å². The van der Waals surface area contributed by atoms with Crippen molar-refractivity contribution in [3.63, 3.8) is 0 Å². The summed E-state index contributed by atoms with van der Waals surface area (Å²) in [6.45, 7) is 6.57. The van der Waals surface area contributed by atoms with E-state index in [9.17, 15) is 4.79 Å². The van der Waals surface area contributed by atoms with Crippen molar-refractivity contribution in [2.24, 2.45) is 0 Å². The fourth-order valence-electron chi connectivity index (χ4n) is 2.62. The molecule has 2 aromatic rings. The molecule has 4 heteroatoms. The molecule has 1 amide bonds. The number of hydrogen-bond acceptors (Lipinski definition) is 3. The summed E-state index contributed by atoms with van der Waals surface area (Å²) in [5.41, 5.74) is 3.08. The first-order valence-electron chi connectivity index (χ1n) is 8.19. The summed E-state index contributed by atoms with van der Waals surface area (Å²) in [6.07, 6.45) is 0.338. The van der Waals surface area contributed by atoms with Crippen molar-refractivity contribution in [1.82, 2.24) is 5.32 Å². The van der Waals surface area contributed by atoms with Gasteiger partial charge in [-0.1, -0.05) is 29.8 Å². The molecular formula is C20H25NO3. The maximum atomic E-state index is 12.3. The molecule has 1 N–H and O–H groups in total. The number of rotatable bonds is 7. The zero-order valence-electron chi connectivity index (χ0n) is 14.8. The van der Waals surface area contributed by atoms with Gasteiger partial charge < -0.3 is 14.8 Å². The van der Waals surface area contributed by atoms with Gasteiger partial charge in [-0.25, -0.2) is 0 Å². The first-order chi connectivity index (χ1) is 11.5. The number of benzene rings is 2. The van der Waals surface area contributed by atoms with E-state index in [1.165, 1.54) is 0 Å². The lowest BCUT2D eigenvalue weighted by atomic mass is 10.0. The van der Waals surface area contributed by atoms with Crippen LogP contribution in [0, 0.1) is 6.92 Å². The predicted molar refractivity (Wildman–Crippen MR) is 95.6 cm³/mol. The number of methoxy groups -OCH3 is 1. The molecule has 0 spiro atoms. The van der Waals surface area contributed by atoms with E-state index in [1.807, 2.05) is 63.2 Å². The van der Waals surface area contributed by atoms with Crippen LogP contribution in [-0.2, 0) is 11.2 Å². The molecule has 128 valence electrons. The molecule has 0 aromatic heterocycles. The zero-order valence-corrected chi connectivity index (χ0v) is 14.8. The van der Waals surface area contributed by atoms with E-state index >= 15 is 0 Å². The average molecular weight is 327 g/mol. The molecule has 4 nitrogen and oxygen atoms in total. The van der Waals surface area contributed by atoms with Gasteiger partial charge in [-0.05, 0) is 44.5 Å². The summed E-state index contributed by atoms with van der Waals surface area (Å²) >= 11 is 0. The first-order valence-corrected chi connectivity index (χ1v) is 8.19. The van der Waals surface area contributed by atoms with Crippen LogP contribution in [0.3, 0.4) is 0 Å².